The van der Waals surface area contributed by atoms with E-state index in [-0.39, 0.29) is 12.1 Å². The number of carbonyl (C=O) groups excluding carboxylic acids is 1. The van der Waals surface area contributed by atoms with Gasteiger partial charge in [0.05, 0.1) is 5.56 Å². The Labute approximate surface area is 234 Å². The van der Waals surface area contributed by atoms with Gasteiger partial charge in [-0.25, -0.2) is 4.79 Å². The molecule has 0 aliphatic heterocycles. The van der Waals surface area contributed by atoms with Gasteiger partial charge in [-0.05, 0) is 61.8 Å². The zero-order valence-corrected chi connectivity index (χ0v) is 23.6. The lowest BCUT2D eigenvalue weighted by Gasteiger charge is -2.27. The third-order valence-electron chi connectivity index (χ3n) is 6.62. The van der Waals surface area contributed by atoms with Crippen LogP contribution in [0.4, 0.5) is 0 Å². The normalized spacial score (nSPS) is 11.8. The summed E-state index contributed by atoms with van der Waals surface area (Å²) in [5.74, 6) is -0.250. The highest BCUT2D eigenvalue weighted by molar-refractivity contribution is 7.73. The minimum Gasteiger partial charge on any atom is -0.458 e. The molecule has 0 bridgehead atoms. The first-order valence-corrected chi connectivity index (χ1v) is 16.3. The number of rotatable bonds is 11. The molecule has 5 aromatic carbocycles. The van der Waals surface area contributed by atoms with Gasteiger partial charge in [-0.15, -0.1) is 0 Å². The number of benzene rings is 5. The van der Waals surface area contributed by atoms with E-state index in [9.17, 15) is 4.79 Å². The molecule has 0 aromatic heterocycles. The van der Waals surface area contributed by atoms with Crippen molar-refractivity contribution < 1.29 is 9.53 Å². The zero-order chi connectivity index (χ0) is 26.7. The molecule has 0 heterocycles. The molecule has 0 aliphatic carbocycles. The van der Waals surface area contributed by atoms with E-state index in [4.69, 9.17) is 4.74 Å². The lowest BCUT2D eigenvalue weighted by Crippen LogP contribution is -2.28. The van der Waals surface area contributed by atoms with Crippen LogP contribution in [-0.4, -0.2) is 24.4 Å². The number of ether oxygens (including phenoxy) is 1. The van der Waals surface area contributed by atoms with E-state index in [1.165, 1.54) is 21.2 Å². The van der Waals surface area contributed by atoms with Gasteiger partial charge < -0.3 is 4.74 Å². The molecule has 0 aliphatic rings. The molecule has 194 valence electrons. The predicted molar refractivity (Wildman–Crippen MR) is 168 cm³/mol. The number of carbonyl (C=O) groups is 1. The van der Waals surface area contributed by atoms with E-state index in [1.54, 1.807) is 0 Å². The molecule has 4 heteroatoms. The number of hydrogen-bond donors (Lipinski definition) is 0. The maximum Gasteiger partial charge on any atom is 0.338 e. The Morgan fingerprint density at radius 3 is 1.28 bits per heavy atom. The average Bonchev–Trinajstić information content (AvgIpc) is 3.02. The monoisotopic (exact) mass is 546 g/mol. The van der Waals surface area contributed by atoms with Crippen molar-refractivity contribution in [2.45, 2.75) is 12.5 Å². The van der Waals surface area contributed by atoms with Crippen molar-refractivity contribution in [2.75, 3.05) is 12.3 Å². The molecule has 0 N–H and O–H groups in total. The Morgan fingerprint density at radius 2 is 0.872 bits per heavy atom. The Morgan fingerprint density at radius 1 is 0.513 bits per heavy atom. The summed E-state index contributed by atoms with van der Waals surface area (Å²) in [5, 5.41) is 5.29. The molecule has 5 rings (SSSR count). The zero-order valence-electron chi connectivity index (χ0n) is 21.8. The molecule has 0 radical (unpaired) electrons. The lowest BCUT2D eigenvalue weighted by molar-refractivity contribution is 0.0344. The highest BCUT2D eigenvalue weighted by Crippen LogP contribution is 2.39. The molecule has 0 fully saturated rings. The summed E-state index contributed by atoms with van der Waals surface area (Å²) >= 11 is 0. The molecule has 0 unspecified atom stereocenters. The van der Waals surface area contributed by atoms with E-state index in [1.807, 2.05) is 30.3 Å². The van der Waals surface area contributed by atoms with Gasteiger partial charge in [0.1, 0.15) is 6.10 Å². The number of esters is 1. The van der Waals surface area contributed by atoms with Crippen LogP contribution in [0.2, 0.25) is 0 Å². The van der Waals surface area contributed by atoms with Gasteiger partial charge >= 0.3 is 5.97 Å². The second kappa shape index (κ2) is 14.0. The van der Waals surface area contributed by atoms with Crippen LogP contribution in [-0.2, 0) is 4.74 Å². The van der Waals surface area contributed by atoms with Crippen LogP contribution >= 0.6 is 15.8 Å². The van der Waals surface area contributed by atoms with Crippen molar-refractivity contribution in [2.24, 2.45) is 0 Å². The minimum atomic E-state index is -0.699. The smallest absolute Gasteiger partial charge is 0.338 e. The summed E-state index contributed by atoms with van der Waals surface area (Å²) in [6.45, 7) is 0. The van der Waals surface area contributed by atoms with Gasteiger partial charge in [0.2, 0.25) is 0 Å². The van der Waals surface area contributed by atoms with Crippen LogP contribution in [0.25, 0.3) is 0 Å². The van der Waals surface area contributed by atoms with Crippen molar-refractivity contribution in [1.29, 1.82) is 0 Å². The summed E-state index contributed by atoms with van der Waals surface area (Å²) in [7, 11) is -1.28. The highest BCUT2D eigenvalue weighted by Gasteiger charge is 2.25. The molecule has 2 nitrogen and oxygen atoms in total. The standard InChI is InChI=1S/C35H32O2P2/c36-35(29-16-6-1-7-17-29)37-30(28-39(33-22-12-4-13-23-33)34-24-14-5-15-25-34)26-27-38(31-18-8-2-9-19-31)32-20-10-3-11-21-32/h1-25,30H,26-28H2/t30-/m0/s1. The average molecular weight is 547 g/mol. The van der Waals surface area contributed by atoms with E-state index >= 15 is 0 Å². The van der Waals surface area contributed by atoms with E-state index in [2.05, 4.69) is 121 Å². The van der Waals surface area contributed by atoms with Crippen LogP contribution in [0.5, 0.6) is 0 Å². The first-order valence-electron chi connectivity index (χ1n) is 13.3. The fourth-order valence-corrected chi connectivity index (χ4v) is 9.53. The summed E-state index contributed by atoms with van der Waals surface area (Å²) in [6.07, 6.45) is 2.33. The molecule has 39 heavy (non-hydrogen) atoms. The first-order chi connectivity index (χ1) is 19.3. The lowest BCUT2D eigenvalue weighted by atomic mass is 10.2. The Kier molecular flexibility index (Phi) is 9.70. The summed E-state index contributed by atoms with van der Waals surface area (Å²) in [4.78, 5) is 13.3. The van der Waals surface area contributed by atoms with Crippen molar-refractivity contribution >= 4 is 43.0 Å². The molecule has 0 amide bonds. The van der Waals surface area contributed by atoms with Gasteiger partial charge in [-0.2, -0.15) is 0 Å². The number of hydrogen-bond acceptors (Lipinski definition) is 2. The summed E-state index contributed by atoms with van der Waals surface area (Å²) in [5.41, 5.74) is 0.597. The molecule has 0 saturated heterocycles. The SMILES string of the molecule is O=C(O[C@@H](CCP(c1ccccc1)c1ccccc1)CP(c1ccccc1)c1ccccc1)c1ccccc1. The second-order valence-electron chi connectivity index (χ2n) is 9.29. The van der Waals surface area contributed by atoms with Crippen molar-refractivity contribution in [1.82, 2.24) is 0 Å². The van der Waals surface area contributed by atoms with Crippen molar-refractivity contribution in [3.63, 3.8) is 0 Å². The van der Waals surface area contributed by atoms with Gasteiger partial charge in [0.15, 0.2) is 0 Å². The van der Waals surface area contributed by atoms with Gasteiger partial charge in [-0.3, -0.25) is 0 Å². The fourth-order valence-electron chi connectivity index (χ4n) is 4.66. The summed E-state index contributed by atoms with van der Waals surface area (Å²) in [6, 6.07) is 52.2. The third-order valence-corrected chi connectivity index (χ3v) is 11.8. The van der Waals surface area contributed by atoms with Gasteiger partial charge in [0, 0.05) is 6.16 Å². The summed E-state index contributed by atoms with van der Waals surface area (Å²) < 4.78 is 6.32. The molecule has 0 saturated carbocycles. The largest absolute Gasteiger partial charge is 0.458 e. The molecule has 5 aromatic rings. The third kappa shape index (κ3) is 7.51. The van der Waals surface area contributed by atoms with Crippen molar-refractivity contribution in [3.05, 3.63) is 157 Å². The van der Waals surface area contributed by atoms with Crippen LogP contribution in [0.3, 0.4) is 0 Å². The molecular formula is C35H32O2P2. The van der Waals surface area contributed by atoms with Gasteiger partial charge in [-0.1, -0.05) is 140 Å². The highest BCUT2D eigenvalue weighted by atomic mass is 31.1. The quantitative estimate of drug-likeness (QED) is 0.134. The maximum absolute atomic E-state index is 13.3. The Bertz CT molecular complexity index is 1330. The van der Waals surface area contributed by atoms with E-state index < -0.39 is 15.8 Å². The van der Waals surface area contributed by atoms with Crippen LogP contribution in [0, 0.1) is 0 Å². The second-order valence-corrected chi connectivity index (χ2v) is 13.9. The predicted octanol–water partition coefficient (Wildman–Crippen LogP) is 6.87. The van der Waals surface area contributed by atoms with Gasteiger partial charge in [0.25, 0.3) is 0 Å². The maximum atomic E-state index is 13.3. The molecular weight excluding hydrogens is 514 g/mol. The van der Waals surface area contributed by atoms with Crippen LogP contribution in [0.15, 0.2) is 152 Å². The first kappa shape index (κ1) is 27.0. The van der Waals surface area contributed by atoms with E-state index in [0.29, 0.717) is 5.56 Å². The van der Waals surface area contributed by atoms with Crippen molar-refractivity contribution in [3.8, 4) is 0 Å². The van der Waals surface area contributed by atoms with Crippen LogP contribution in [0.1, 0.15) is 16.8 Å². The minimum absolute atomic E-state index is 0.207. The van der Waals surface area contributed by atoms with Crippen LogP contribution < -0.4 is 21.2 Å². The topological polar surface area (TPSA) is 26.3 Å². The Balaban J connectivity index is 1.44. The molecule has 0 spiro atoms. The molecule has 1 atom stereocenters. The fraction of sp³-hybridized carbons (Fsp3) is 0.114. The Hall–Kier alpha value is -3.57. The van der Waals surface area contributed by atoms with E-state index in [0.717, 1.165) is 18.7 Å².